The molecule has 1 N–H and O–H groups in total. The third-order valence-electron chi connectivity index (χ3n) is 5.48. The fourth-order valence-electron chi connectivity index (χ4n) is 3.80. The van der Waals surface area contributed by atoms with Crippen LogP contribution in [0, 0.1) is 0 Å². The smallest absolute Gasteiger partial charge is 0.369 e. The highest BCUT2D eigenvalue weighted by atomic mass is 19.4. The highest BCUT2D eigenvalue weighted by Crippen LogP contribution is 2.32. The number of hydrogen-bond donors (Lipinski definition) is 1. The summed E-state index contributed by atoms with van der Waals surface area (Å²) in [4.78, 5) is 16.5. The van der Waals surface area contributed by atoms with E-state index in [9.17, 15) is 18.0 Å². The highest BCUT2D eigenvalue weighted by Gasteiger charge is 2.32. The zero-order valence-electron chi connectivity index (χ0n) is 15.1. The molecule has 1 saturated heterocycles. The standard InChI is InChI=1S/C19H26F3N3O/c1-14(18(26)23-16-6-2-3-7-16)24-9-11-25(12-10-24)17-8-4-5-15(13-17)19(20,21)22/h4-5,8,13-14,16H,2-3,6-7,9-12H2,1H3,(H,23,26). The van der Waals surface area contributed by atoms with E-state index in [4.69, 9.17) is 0 Å². The Morgan fingerprint density at radius 3 is 2.42 bits per heavy atom. The predicted octanol–water partition coefficient (Wildman–Crippen LogP) is 3.27. The lowest BCUT2D eigenvalue weighted by Crippen LogP contribution is -2.54. The predicted molar refractivity (Wildman–Crippen MR) is 95.1 cm³/mol. The number of anilines is 1. The second kappa shape index (κ2) is 7.86. The van der Waals surface area contributed by atoms with Gasteiger partial charge in [0.1, 0.15) is 0 Å². The molecule has 1 heterocycles. The molecule has 0 aromatic heterocycles. The number of carbonyl (C=O) groups excluding carboxylic acids is 1. The first kappa shape index (κ1) is 19.0. The second-order valence-electron chi connectivity index (χ2n) is 7.24. The van der Waals surface area contributed by atoms with Crippen molar-refractivity contribution in [2.75, 3.05) is 31.1 Å². The Bertz CT molecular complexity index is 621. The van der Waals surface area contributed by atoms with Gasteiger partial charge in [0.2, 0.25) is 5.91 Å². The maximum Gasteiger partial charge on any atom is 0.416 e. The summed E-state index contributed by atoms with van der Waals surface area (Å²) in [5.41, 5.74) is -0.0377. The van der Waals surface area contributed by atoms with Gasteiger partial charge in [0.25, 0.3) is 0 Å². The zero-order chi connectivity index (χ0) is 18.7. The molecular formula is C19H26F3N3O. The zero-order valence-corrected chi connectivity index (χ0v) is 15.1. The summed E-state index contributed by atoms with van der Waals surface area (Å²) in [7, 11) is 0. The van der Waals surface area contributed by atoms with Crippen LogP contribution >= 0.6 is 0 Å². The van der Waals surface area contributed by atoms with Gasteiger partial charge in [-0.15, -0.1) is 0 Å². The number of benzene rings is 1. The van der Waals surface area contributed by atoms with E-state index in [1.165, 1.54) is 25.0 Å². The van der Waals surface area contributed by atoms with Crippen LogP contribution in [0.25, 0.3) is 0 Å². The Labute approximate surface area is 152 Å². The van der Waals surface area contributed by atoms with Gasteiger partial charge in [0.15, 0.2) is 0 Å². The van der Waals surface area contributed by atoms with Gasteiger partial charge in [-0.3, -0.25) is 9.69 Å². The van der Waals surface area contributed by atoms with Crippen LogP contribution in [0.2, 0.25) is 0 Å². The van der Waals surface area contributed by atoms with Crippen LogP contribution in [-0.2, 0) is 11.0 Å². The molecule has 0 radical (unpaired) electrons. The lowest BCUT2D eigenvalue weighted by molar-refractivity contribution is -0.137. The second-order valence-corrected chi connectivity index (χ2v) is 7.24. The highest BCUT2D eigenvalue weighted by molar-refractivity contribution is 5.81. The number of alkyl halides is 3. The molecule has 1 unspecified atom stereocenters. The van der Waals surface area contributed by atoms with Crippen LogP contribution in [0.5, 0.6) is 0 Å². The van der Waals surface area contributed by atoms with Crippen molar-refractivity contribution < 1.29 is 18.0 Å². The van der Waals surface area contributed by atoms with E-state index in [1.54, 1.807) is 6.07 Å². The van der Waals surface area contributed by atoms with Crippen molar-refractivity contribution in [1.29, 1.82) is 0 Å². The molecule has 1 aliphatic heterocycles. The molecule has 1 saturated carbocycles. The molecular weight excluding hydrogens is 343 g/mol. The number of rotatable bonds is 4. The topological polar surface area (TPSA) is 35.6 Å². The summed E-state index contributed by atoms with van der Waals surface area (Å²) in [5, 5.41) is 3.12. The van der Waals surface area contributed by atoms with Crippen LogP contribution < -0.4 is 10.2 Å². The van der Waals surface area contributed by atoms with Gasteiger partial charge < -0.3 is 10.2 Å². The monoisotopic (exact) mass is 369 g/mol. The fraction of sp³-hybridized carbons (Fsp3) is 0.632. The molecule has 3 rings (SSSR count). The third kappa shape index (κ3) is 4.50. The van der Waals surface area contributed by atoms with Gasteiger partial charge in [-0.25, -0.2) is 0 Å². The number of hydrogen-bond acceptors (Lipinski definition) is 3. The summed E-state index contributed by atoms with van der Waals surface area (Å²) < 4.78 is 38.7. The van der Waals surface area contributed by atoms with Crippen molar-refractivity contribution in [2.24, 2.45) is 0 Å². The summed E-state index contributed by atoms with van der Waals surface area (Å²) >= 11 is 0. The molecule has 1 amide bonds. The van der Waals surface area contributed by atoms with Crippen molar-refractivity contribution in [3.63, 3.8) is 0 Å². The number of nitrogens with one attached hydrogen (secondary N) is 1. The van der Waals surface area contributed by atoms with Crippen LogP contribution in [0.4, 0.5) is 18.9 Å². The number of carbonyl (C=O) groups is 1. The molecule has 2 fully saturated rings. The van der Waals surface area contributed by atoms with Gasteiger partial charge in [-0.05, 0) is 38.0 Å². The van der Waals surface area contributed by atoms with E-state index in [0.29, 0.717) is 37.9 Å². The van der Waals surface area contributed by atoms with E-state index in [1.807, 2.05) is 11.8 Å². The lowest BCUT2D eigenvalue weighted by atomic mass is 10.1. The Morgan fingerprint density at radius 1 is 1.15 bits per heavy atom. The number of piperazine rings is 1. The molecule has 1 aromatic rings. The number of halogens is 3. The lowest BCUT2D eigenvalue weighted by Gasteiger charge is -2.39. The molecule has 144 valence electrons. The van der Waals surface area contributed by atoms with Crippen molar-refractivity contribution in [3.8, 4) is 0 Å². The van der Waals surface area contributed by atoms with Crippen LogP contribution in [0.15, 0.2) is 24.3 Å². The maximum atomic E-state index is 12.9. The van der Waals surface area contributed by atoms with E-state index in [2.05, 4.69) is 10.2 Å². The number of amides is 1. The molecule has 1 atom stereocenters. The fourth-order valence-corrected chi connectivity index (χ4v) is 3.80. The van der Waals surface area contributed by atoms with Gasteiger partial charge in [-0.1, -0.05) is 18.9 Å². The Kier molecular flexibility index (Phi) is 5.75. The summed E-state index contributed by atoms with van der Waals surface area (Å²) in [6.07, 6.45) is 0.137. The molecule has 7 heteroatoms. The van der Waals surface area contributed by atoms with Crippen molar-refractivity contribution >= 4 is 11.6 Å². The first-order valence-electron chi connectivity index (χ1n) is 9.31. The maximum absolute atomic E-state index is 12.9. The molecule has 26 heavy (non-hydrogen) atoms. The molecule has 2 aliphatic rings. The quantitative estimate of drug-likeness (QED) is 0.885. The number of nitrogens with zero attached hydrogens (tertiary/aromatic N) is 2. The van der Waals surface area contributed by atoms with Crippen molar-refractivity contribution in [3.05, 3.63) is 29.8 Å². The molecule has 0 spiro atoms. The van der Waals surface area contributed by atoms with Crippen molar-refractivity contribution in [1.82, 2.24) is 10.2 Å². The summed E-state index contributed by atoms with van der Waals surface area (Å²) in [5.74, 6) is 0.0596. The van der Waals surface area contributed by atoms with E-state index < -0.39 is 11.7 Å². The van der Waals surface area contributed by atoms with Gasteiger partial charge in [0, 0.05) is 37.9 Å². The Balaban J connectivity index is 1.54. The molecule has 1 aromatic carbocycles. The van der Waals surface area contributed by atoms with Crippen molar-refractivity contribution in [2.45, 2.75) is 50.9 Å². The van der Waals surface area contributed by atoms with Gasteiger partial charge in [-0.2, -0.15) is 13.2 Å². The Morgan fingerprint density at radius 2 is 1.81 bits per heavy atom. The van der Waals surface area contributed by atoms with Crippen LogP contribution in [0.3, 0.4) is 0 Å². The average molecular weight is 369 g/mol. The summed E-state index contributed by atoms with van der Waals surface area (Å²) in [6, 6.07) is 5.54. The minimum atomic E-state index is -4.33. The van der Waals surface area contributed by atoms with E-state index >= 15 is 0 Å². The molecule has 4 nitrogen and oxygen atoms in total. The largest absolute Gasteiger partial charge is 0.416 e. The normalized spacial score (nSPS) is 21.0. The first-order valence-corrected chi connectivity index (χ1v) is 9.31. The minimum absolute atomic E-state index is 0.0596. The van der Waals surface area contributed by atoms with Crippen LogP contribution in [0.1, 0.15) is 38.2 Å². The Hall–Kier alpha value is -1.76. The SMILES string of the molecule is CC(C(=O)NC1CCCC1)N1CCN(c2cccc(C(F)(F)F)c2)CC1. The first-order chi connectivity index (χ1) is 12.3. The van der Waals surface area contributed by atoms with Gasteiger partial charge in [0.05, 0.1) is 11.6 Å². The summed E-state index contributed by atoms with van der Waals surface area (Å²) in [6.45, 7) is 4.46. The van der Waals surface area contributed by atoms with Gasteiger partial charge >= 0.3 is 6.18 Å². The van der Waals surface area contributed by atoms with E-state index in [-0.39, 0.29) is 11.9 Å². The molecule has 1 aliphatic carbocycles. The third-order valence-corrected chi connectivity index (χ3v) is 5.48. The average Bonchev–Trinajstić information content (AvgIpc) is 3.13. The van der Waals surface area contributed by atoms with E-state index in [0.717, 1.165) is 18.9 Å². The molecule has 0 bridgehead atoms. The van der Waals surface area contributed by atoms with Crippen LogP contribution in [-0.4, -0.2) is 49.1 Å². The minimum Gasteiger partial charge on any atom is -0.369 e.